The smallest absolute Gasteiger partial charge is 0.274 e. The Balaban J connectivity index is 1.41. The number of rotatable bonds is 8. The van der Waals surface area contributed by atoms with Crippen molar-refractivity contribution < 1.29 is 14.3 Å². The Labute approximate surface area is 202 Å². The molecule has 11 heteroatoms. The maximum Gasteiger partial charge on any atom is 0.274 e. The van der Waals surface area contributed by atoms with Crippen LogP contribution >= 0.6 is 0 Å². The highest BCUT2D eigenvalue weighted by molar-refractivity contribution is 6.00. The fourth-order valence-corrected chi connectivity index (χ4v) is 4.79. The van der Waals surface area contributed by atoms with Gasteiger partial charge in [0.15, 0.2) is 5.65 Å². The van der Waals surface area contributed by atoms with Crippen molar-refractivity contribution in [3.05, 3.63) is 46.5 Å². The van der Waals surface area contributed by atoms with Crippen molar-refractivity contribution in [3.63, 3.8) is 0 Å². The third-order valence-corrected chi connectivity index (χ3v) is 6.93. The molecule has 2 saturated carbocycles. The van der Waals surface area contributed by atoms with Gasteiger partial charge in [0.25, 0.3) is 11.5 Å². The second kappa shape index (κ2) is 9.67. The molecular formula is C24H31N7O4. The molecule has 0 bridgehead atoms. The van der Waals surface area contributed by atoms with E-state index in [1.807, 2.05) is 12.3 Å². The number of hydrogen-bond donors (Lipinski definition) is 3. The number of nitrogens with zero attached hydrogens (tertiary/aromatic N) is 4. The van der Waals surface area contributed by atoms with Gasteiger partial charge in [0.1, 0.15) is 22.9 Å². The number of aromatic nitrogens is 4. The Morgan fingerprint density at radius 3 is 2.66 bits per heavy atom. The third kappa shape index (κ3) is 4.61. The number of hydrogen-bond acceptors (Lipinski definition) is 8. The largest absolute Gasteiger partial charge is 0.381 e. The molecular weight excluding hydrogens is 450 g/mol. The molecule has 0 saturated heterocycles. The second-order valence-corrected chi connectivity index (χ2v) is 9.09. The Hall–Kier alpha value is -3.44. The molecule has 35 heavy (non-hydrogen) atoms. The van der Waals surface area contributed by atoms with E-state index in [0.717, 1.165) is 32.1 Å². The molecule has 2 atom stereocenters. The van der Waals surface area contributed by atoms with E-state index in [4.69, 9.17) is 9.47 Å². The summed E-state index contributed by atoms with van der Waals surface area (Å²) in [6.07, 6.45) is 8.11. The van der Waals surface area contributed by atoms with Crippen molar-refractivity contribution in [1.29, 1.82) is 0 Å². The first-order chi connectivity index (χ1) is 17.0. The summed E-state index contributed by atoms with van der Waals surface area (Å²) >= 11 is 0. The third-order valence-electron chi connectivity index (χ3n) is 6.93. The SMILES string of the molecule is CNc1cc(Nc2cccn(C3CCC(OC)CC3)c2=O)nc2c(C(=O)NC3C[C@@H]3OC)cnn12. The van der Waals surface area contributed by atoms with Crippen LogP contribution in [0.25, 0.3) is 5.65 Å². The lowest BCUT2D eigenvalue weighted by Crippen LogP contribution is -2.30. The van der Waals surface area contributed by atoms with E-state index >= 15 is 0 Å². The molecule has 1 unspecified atom stereocenters. The van der Waals surface area contributed by atoms with Crippen LogP contribution in [0.2, 0.25) is 0 Å². The molecule has 5 rings (SSSR count). The normalized spacial score (nSPS) is 23.7. The molecule has 2 aliphatic rings. The number of fused-ring (bicyclic) bond motifs is 1. The molecule has 0 spiro atoms. The Morgan fingerprint density at radius 2 is 1.97 bits per heavy atom. The Kier molecular flexibility index (Phi) is 6.44. The molecule has 3 N–H and O–H groups in total. The van der Waals surface area contributed by atoms with Gasteiger partial charge in [-0.3, -0.25) is 9.59 Å². The van der Waals surface area contributed by atoms with Crippen LogP contribution in [0.3, 0.4) is 0 Å². The van der Waals surface area contributed by atoms with Crippen LogP contribution < -0.4 is 21.5 Å². The standard InChI is InChI=1S/C24H31N7O4/c1-25-21-12-20(29-22-16(13-26-31(21)22)23(32)28-18-11-19(18)35-3)27-17-5-4-10-30(24(17)33)14-6-8-15(34-2)9-7-14/h4-5,10,12-15,18-19,25H,6-9,11H2,1-3H3,(H,27,29)(H,28,32)/t14?,15?,18?,19-/m0/s1. The molecule has 2 aliphatic carbocycles. The predicted molar refractivity (Wildman–Crippen MR) is 131 cm³/mol. The number of carbonyl (C=O) groups is 1. The van der Waals surface area contributed by atoms with Crippen molar-refractivity contribution >= 4 is 28.9 Å². The average molecular weight is 482 g/mol. The van der Waals surface area contributed by atoms with Crippen molar-refractivity contribution in [2.75, 3.05) is 31.9 Å². The maximum absolute atomic E-state index is 13.3. The van der Waals surface area contributed by atoms with Crippen LogP contribution in [0.4, 0.5) is 17.3 Å². The first kappa shape index (κ1) is 23.3. The zero-order valence-corrected chi connectivity index (χ0v) is 20.2. The number of amides is 1. The number of ether oxygens (including phenoxy) is 2. The van der Waals surface area contributed by atoms with Gasteiger partial charge in [-0.1, -0.05) is 0 Å². The number of carbonyl (C=O) groups excluding carboxylic acids is 1. The minimum atomic E-state index is -0.259. The van der Waals surface area contributed by atoms with E-state index in [0.29, 0.717) is 28.5 Å². The lowest BCUT2D eigenvalue weighted by molar-refractivity contribution is 0.0580. The average Bonchev–Trinajstić information content (AvgIpc) is 3.49. The molecule has 186 valence electrons. The number of pyridine rings is 1. The summed E-state index contributed by atoms with van der Waals surface area (Å²) in [6, 6.07) is 5.50. The molecule has 0 aromatic carbocycles. The van der Waals surface area contributed by atoms with Gasteiger partial charge < -0.3 is 30.0 Å². The molecule has 3 aromatic rings. The Bertz CT molecular complexity index is 1280. The fraction of sp³-hybridized carbons (Fsp3) is 0.500. The predicted octanol–water partition coefficient (Wildman–Crippen LogP) is 2.32. The molecule has 11 nitrogen and oxygen atoms in total. The first-order valence-corrected chi connectivity index (χ1v) is 11.9. The van der Waals surface area contributed by atoms with Crippen LogP contribution in [0.5, 0.6) is 0 Å². The summed E-state index contributed by atoms with van der Waals surface area (Å²) in [5.41, 5.74) is 1.06. The summed E-state index contributed by atoms with van der Waals surface area (Å²) in [7, 11) is 5.13. The van der Waals surface area contributed by atoms with Crippen molar-refractivity contribution in [1.82, 2.24) is 24.5 Å². The van der Waals surface area contributed by atoms with Crippen LogP contribution in [-0.2, 0) is 9.47 Å². The summed E-state index contributed by atoms with van der Waals surface area (Å²) in [4.78, 5) is 30.8. The monoisotopic (exact) mass is 481 g/mol. The van der Waals surface area contributed by atoms with E-state index in [-0.39, 0.29) is 35.8 Å². The number of methoxy groups -OCH3 is 2. The van der Waals surface area contributed by atoms with Crippen LogP contribution in [0, 0.1) is 0 Å². The van der Waals surface area contributed by atoms with Gasteiger partial charge in [-0.2, -0.15) is 9.61 Å². The highest BCUT2D eigenvalue weighted by Crippen LogP contribution is 2.29. The molecule has 2 fully saturated rings. The molecule has 0 radical (unpaired) electrons. The van der Waals surface area contributed by atoms with E-state index in [1.165, 1.54) is 6.20 Å². The molecule has 3 aromatic heterocycles. The van der Waals surface area contributed by atoms with E-state index in [2.05, 4.69) is 26.0 Å². The highest BCUT2D eigenvalue weighted by Gasteiger charge is 2.39. The Morgan fingerprint density at radius 1 is 1.17 bits per heavy atom. The van der Waals surface area contributed by atoms with Gasteiger partial charge in [0.05, 0.1) is 24.4 Å². The minimum Gasteiger partial charge on any atom is -0.381 e. The van der Waals surface area contributed by atoms with Crippen molar-refractivity contribution in [3.8, 4) is 0 Å². The zero-order chi connectivity index (χ0) is 24.5. The molecule has 3 heterocycles. The van der Waals surface area contributed by atoms with E-state index in [9.17, 15) is 9.59 Å². The van der Waals surface area contributed by atoms with E-state index < -0.39 is 0 Å². The lowest BCUT2D eigenvalue weighted by Gasteiger charge is -2.29. The highest BCUT2D eigenvalue weighted by atomic mass is 16.5. The number of nitrogens with one attached hydrogen (secondary N) is 3. The van der Waals surface area contributed by atoms with Gasteiger partial charge in [0.2, 0.25) is 0 Å². The van der Waals surface area contributed by atoms with Crippen molar-refractivity contribution in [2.45, 2.75) is 56.4 Å². The van der Waals surface area contributed by atoms with Gasteiger partial charge >= 0.3 is 0 Å². The summed E-state index contributed by atoms with van der Waals surface area (Å²) in [5, 5.41) is 13.5. The van der Waals surface area contributed by atoms with Crippen LogP contribution in [-0.4, -0.2) is 64.6 Å². The van der Waals surface area contributed by atoms with E-state index in [1.54, 1.807) is 42.5 Å². The fourth-order valence-electron chi connectivity index (χ4n) is 4.79. The molecule has 0 aliphatic heterocycles. The topological polar surface area (TPSA) is 124 Å². The molecule has 1 amide bonds. The van der Waals surface area contributed by atoms with Gasteiger partial charge in [-0.25, -0.2) is 4.98 Å². The first-order valence-electron chi connectivity index (χ1n) is 11.9. The summed E-state index contributed by atoms with van der Waals surface area (Å²) in [6.45, 7) is 0. The van der Waals surface area contributed by atoms with Crippen LogP contribution in [0.1, 0.15) is 48.5 Å². The second-order valence-electron chi connectivity index (χ2n) is 9.09. The number of anilines is 3. The van der Waals surface area contributed by atoms with Gasteiger partial charge in [0, 0.05) is 39.6 Å². The minimum absolute atomic E-state index is 0.00531. The maximum atomic E-state index is 13.3. The summed E-state index contributed by atoms with van der Waals surface area (Å²) < 4.78 is 14.1. The van der Waals surface area contributed by atoms with Gasteiger partial charge in [-0.05, 0) is 44.2 Å². The quantitative estimate of drug-likeness (QED) is 0.448. The lowest BCUT2D eigenvalue weighted by atomic mass is 9.92. The van der Waals surface area contributed by atoms with Gasteiger partial charge in [-0.15, -0.1) is 0 Å². The zero-order valence-electron chi connectivity index (χ0n) is 20.2. The van der Waals surface area contributed by atoms with Crippen molar-refractivity contribution in [2.24, 2.45) is 0 Å². The summed E-state index contributed by atoms with van der Waals surface area (Å²) in [5.74, 6) is 0.812. The van der Waals surface area contributed by atoms with Crippen LogP contribution in [0.15, 0.2) is 35.4 Å².